The molecule has 0 saturated heterocycles. The first-order valence-corrected chi connectivity index (χ1v) is 5.87. The summed E-state index contributed by atoms with van der Waals surface area (Å²) in [5.41, 5.74) is 7.48. The molecule has 0 heterocycles. The predicted molar refractivity (Wildman–Crippen MR) is 60.3 cm³/mol. The van der Waals surface area contributed by atoms with Crippen LogP contribution < -0.4 is 5.73 Å². The van der Waals surface area contributed by atoms with E-state index in [-0.39, 0.29) is 6.04 Å². The molecule has 0 fully saturated rings. The lowest BCUT2D eigenvalue weighted by atomic mass is 10.0. The smallest absolute Gasteiger partial charge is 0.0656 e. The summed E-state index contributed by atoms with van der Waals surface area (Å²) in [6.07, 6.45) is 9.76. The van der Waals surface area contributed by atoms with Gasteiger partial charge in [0.1, 0.15) is 0 Å². The third-order valence-electron chi connectivity index (χ3n) is 2.70. The molecule has 0 amide bonds. The molecule has 0 aromatic rings. The van der Waals surface area contributed by atoms with Crippen LogP contribution in [-0.2, 0) is 4.74 Å². The molecule has 0 aromatic heterocycles. The normalized spacial score (nSPS) is 20.0. The first-order valence-electron chi connectivity index (χ1n) is 5.87. The molecule has 0 radical (unpaired) electrons. The van der Waals surface area contributed by atoms with E-state index < -0.39 is 0 Å². The fourth-order valence-electron chi connectivity index (χ4n) is 1.84. The third kappa shape index (κ3) is 4.25. The highest BCUT2D eigenvalue weighted by atomic mass is 16.5. The van der Waals surface area contributed by atoms with Crippen LogP contribution in [0.4, 0.5) is 0 Å². The summed E-state index contributed by atoms with van der Waals surface area (Å²) in [4.78, 5) is 0. The van der Waals surface area contributed by atoms with Gasteiger partial charge in [0, 0.05) is 12.6 Å². The van der Waals surface area contributed by atoms with Crippen molar-refractivity contribution in [2.45, 2.75) is 51.5 Å². The second-order valence-corrected chi connectivity index (χ2v) is 4.06. The van der Waals surface area contributed by atoms with Gasteiger partial charge in [-0.3, -0.25) is 0 Å². The Bertz CT molecular complexity index is 177. The summed E-state index contributed by atoms with van der Waals surface area (Å²) in [5, 5.41) is 0. The van der Waals surface area contributed by atoms with Crippen LogP contribution in [0.5, 0.6) is 0 Å². The van der Waals surface area contributed by atoms with Crippen LogP contribution in [0.1, 0.15) is 45.4 Å². The summed E-state index contributed by atoms with van der Waals surface area (Å²) < 4.78 is 5.47. The predicted octanol–water partition coefficient (Wildman–Crippen LogP) is 2.63. The molecule has 1 rings (SSSR count). The lowest BCUT2D eigenvalue weighted by Gasteiger charge is -2.15. The van der Waals surface area contributed by atoms with Crippen LogP contribution in [0, 0.1) is 0 Å². The minimum atomic E-state index is 0.139. The maximum Gasteiger partial charge on any atom is 0.0656 e. The summed E-state index contributed by atoms with van der Waals surface area (Å²) in [6, 6.07) is 0.139. The summed E-state index contributed by atoms with van der Waals surface area (Å²) >= 11 is 0. The van der Waals surface area contributed by atoms with E-state index in [1.54, 1.807) is 0 Å². The molecule has 82 valence electrons. The van der Waals surface area contributed by atoms with Crippen LogP contribution in [0.25, 0.3) is 0 Å². The van der Waals surface area contributed by atoms with Gasteiger partial charge in [-0.1, -0.05) is 25.0 Å². The Morgan fingerprint density at radius 3 is 3.07 bits per heavy atom. The van der Waals surface area contributed by atoms with Gasteiger partial charge in [0.15, 0.2) is 0 Å². The molecular weight excluding hydrogens is 174 g/mol. The van der Waals surface area contributed by atoms with Crippen LogP contribution in [0.2, 0.25) is 0 Å². The molecule has 0 bridgehead atoms. The number of rotatable bonds is 5. The minimum Gasteiger partial charge on any atom is -0.380 e. The van der Waals surface area contributed by atoms with Gasteiger partial charge in [-0.25, -0.2) is 0 Å². The van der Waals surface area contributed by atoms with Crippen LogP contribution in [0.15, 0.2) is 11.6 Å². The van der Waals surface area contributed by atoms with Crippen molar-refractivity contribution in [3.63, 3.8) is 0 Å². The zero-order valence-corrected chi connectivity index (χ0v) is 9.30. The van der Waals surface area contributed by atoms with E-state index in [4.69, 9.17) is 10.5 Å². The van der Waals surface area contributed by atoms with E-state index in [1.165, 1.54) is 37.7 Å². The number of hydrogen-bond acceptors (Lipinski definition) is 2. The van der Waals surface area contributed by atoms with Crippen molar-refractivity contribution in [3.05, 3.63) is 11.6 Å². The quantitative estimate of drug-likeness (QED) is 0.543. The summed E-state index contributed by atoms with van der Waals surface area (Å²) in [7, 11) is 0. The van der Waals surface area contributed by atoms with Gasteiger partial charge in [-0.05, 0) is 32.1 Å². The van der Waals surface area contributed by atoms with E-state index >= 15 is 0 Å². The molecule has 2 nitrogen and oxygen atoms in total. The van der Waals surface area contributed by atoms with Crippen molar-refractivity contribution in [2.24, 2.45) is 5.73 Å². The zero-order valence-electron chi connectivity index (χ0n) is 9.30. The Labute approximate surface area is 87.5 Å². The van der Waals surface area contributed by atoms with Gasteiger partial charge < -0.3 is 10.5 Å². The zero-order chi connectivity index (χ0) is 10.2. The number of nitrogens with two attached hydrogens (primary N) is 1. The van der Waals surface area contributed by atoms with Crippen LogP contribution in [-0.4, -0.2) is 19.3 Å². The Morgan fingerprint density at radius 2 is 2.29 bits per heavy atom. The van der Waals surface area contributed by atoms with Crippen molar-refractivity contribution < 1.29 is 4.74 Å². The van der Waals surface area contributed by atoms with E-state index in [9.17, 15) is 0 Å². The summed E-state index contributed by atoms with van der Waals surface area (Å²) in [5.74, 6) is 0. The fraction of sp³-hybridized carbons (Fsp3) is 0.833. The van der Waals surface area contributed by atoms with E-state index in [1.807, 2.05) is 0 Å². The lowest BCUT2D eigenvalue weighted by molar-refractivity contribution is 0.127. The largest absolute Gasteiger partial charge is 0.380 e. The standard InChI is InChI=1S/C12H23NO/c1-2-9-14-10-12(13)11-7-5-3-4-6-8-11/h7,12H,2-6,8-10,13H2,1H3. The molecule has 0 aliphatic heterocycles. The maximum atomic E-state index is 6.07. The molecule has 0 spiro atoms. The topological polar surface area (TPSA) is 35.2 Å². The molecule has 2 heteroatoms. The highest BCUT2D eigenvalue weighted by Crippen LogP contribution is 2.19. The first kappa shape index (κ1) is 11.7. The highest BCUT2D eigenvalue weighted by molar-refractivity contribution is 5.11. The molecule has 14 heavy (non-hydrogen) atoms. The third-order valence-corrected chi connectivity index (χ3v) is 2.70. The Balaban J connectivity index is 2.26. The van der Waals surface area contributed by atoms with Gasteiger partial charge in [0.2, 0.25) is 0 Å². The molecule has 0 aromatic carbocycles. The molecule has 0 saturated carbocycles. The summed E-state index contributed by atoms with van der Waals surface area (Å²) in [6.45, 7) is 3.65. The Kier molecular flexibility index (Phi) is 5.88. The van der Waals surface area contributed by atoms with Crippen LogP contribution >= 0.6 is 0 Å². The number of allylic oxidation sites excluding steroid dienone is 1. The molecule has 2 N–H and O–H groups in total. The van der Waals surface area contributed by atoms with Crippen molar-refractivity contribution in [1.82, 2.24) is 0 Å². The number of ether oxygens (including phenoxy) is 1. The van der Waals surface area contributed by atoms with Gasteiger partial charge in [0.25, 0.3) is 0 Å². The Morgan fingerprint density at radius 1 is 1.43 bits per heavy atom. The Hall–Kier alpha value is -0.340. The minimum absolute atomic E-state index is 0.139. The van der Waals surface area contributed by atoms with Gasteiger partial charge in [0.05, 0.1) is 6.61 Å². The van der Waals surface area contributed by atoms with Crippen molar-refractivity contribution in [2.75, 3.05) is 13.2 Å². The lowest BCUT2D eigenvalue weighted by Crippen LogP contribution is -2.28. The van der Waals surface area contributed by atoms with E-state index in [0.717, 1.165) is 13.0 Å². The second-order valence-electron chi connectivity index (χ2n) is 4.06. The molecular formula is C12H23NO. The fourth-order valence-corrected chi connectivity index (χ4v) is 1.84. The van der Waals surface area contributed by atoms with Crippen molar-refractivity contribution in [1.29, 1.82) is 0 Å². The van der Waals surface area contributed by atoms with Crippen LogP contribution in [0.3, 0.4) is 0 Å². The second kappa shape index (κ2) is 7.02. The monoisotopic (exact) mass is 197 g/mol. The van der Waals surface area contributed by atoms with Gasteiger partial charge in [-0.15, -0.1) is 0 Å². The SMILES string of the molecule is CCCOCC(N)C1=CCCCCC1. The highest BCUT2D eigenvalue weighted by Gasteiger charge is 2.10. The average molecular weight is 197 g/mol. The molecule has 1 unspecified atom stereocenters. The van der Waals surface area contributed by atoms with Gasteiger partial charge in [-0.2, -0.15) is 0 Å². The molecule has 1 aliphatic rings. The average Bonchev–Trinajstić information content (AvgIpc) is 2.46. The van der Waals surface area contributed by atoms with Gasteiger partial charge >= 0.3 is 0 Å². The molecule has 1 atom stereocenters. The van der Waals surface area contributed by atoms with Crippen molar-refractivity contribution in [3.8, 4) is 0 Å². The molecule has 1 aliphatic carbocycles. The first-order chi connectivity index (χ1) is 6.84. The van der Waals surface area contributed by atoms with Crippen molar-refractivity contribution >= 4 is 0 Å². The number of hydrogen-bond donors (Lipinski definition) is 1. The van der Waals surface area contributed by atoms with E-state index in [2.05, 4.69) is 13.0 Å². The maximum absolute atomic E-state index is 6.07. The van der Waals surface area contributed by atoms with E-state index in [0.29, 0.717) is 6.61 Å².